The van der Waals surface area contributed by atoms with Crippen LogP contribution in [0, 0.1) is 6.92 Å². The van der Waals surface area contributed by atoms with E-state index in [0.717, 1.165) is 49.3 Å². The molecule has 0 spiro atoms. The number of nitrogens with one attached hydrogen (secondary N) is 1. The van der Waals surface area contributed by atoms with Gasteiger partial charge in [-0.2, -0.15) is 0 Å². The lowest BCUT2D eigenvalue weighted by Gasteiger charge is -2.29. The summed E-state index contributed by atoms with van der Waals surface area (Å²) in [6, 6.07) is 8.19. The van der Waals surface area contributed by atoms with E-state index in [1.54, 1.807) is 0 Å². The van der Waals surface area contributed by atoms with Gasteiger partial charge in [-0.1, -0.05) is 44.0 Å². The van der Waals surface area contributed by atoms with E-state index in [-0.39, 0.29) is 11.7 Å². The van der Waals surface area contributed by atoms with Gasteiger partial charge in [-0.3, -0.25) is 9.69 Å². The van der Waals surface area contributed by atoms with Crippen molar-refractivity contribution >= 4 is 0 Å². The number of aliphatic hydroxyl groups excluding tert-OH is 1. The number of hydrogen-bond donors (Lipinski definition) is 2. The minimum atomic E-state index is -0.316. The molecule has 0 unspecified atom stereocenters. The molecule has 5 heteroatoms. The number of fused-ring (bicyclic) bond motifs is 1. The second-order valence-electron chi connectivity index (χ2n) is 7.32. The van der Waals surface area contributed by atoms with Crippen molar-refractivity contribution in [3.8, 4) is 0 Å². The molecule has 1 aromatic heterocycles. The van der Waals surface area contributed by atoms with Crippen LogP contribution in [0.1, 0.15) is 54.4 Å². The molecular formula is C21H29N3O2. The van der Waals surface area contributed by atoms with Gasteiger partial charge in [0.05, 0.1) is 17.4 Å². The van der Waals surface area contributed by atoms with Crippen molar-refractivity contribution in [2.45, 2.75) is 58.6 Å². The summed E-state index contributed by atoms with van der Waals surface area (Å²) in [6.45, 7) is 6.25. The topological polar surface area (TPSA) is 69.2 Å². The number of aryl methyl sites for hydroxylation is 1. The third-order valence-electron chi connectivity index (χ3n) is 5.18. The van der Waals surface area contributed by atoms with Crippen molar-refractivity contribution in [1.82, 2.24) is 14.9 Å². The molecule has 0 saturated carbocycles. The smallest absolute Gasteiger partial charge is 0.255 e. The van der Waals surface area contributed by atoms with Crippen LogP contribution in [-0.4, -0.2) is 39.2 Å². The number of β-amino-alcohol motifs (C(OH)–C–C–N with tert-alkyl or cyclic N) is 1. The maximum atomic E-state index is 12.6. The molecule has 1 aliphatic rings. The molecule has 0 aliphatic carbocycles. The number of nitrogens with zero attached hydrogens (tertiary/aromatic N) is 2. The standard InChI is InChI=1S/C21H29N3O2/c1-3-4-9-17(25)13-24-11-10-19-18(14-24)21(26)23-20(22-19)12-16-8-6-5-7-15(16)2/h5-8,17,25H,3-4,9-14H2,1-2H3,(H,22,23,26)/t17-/m0/s1. The molecule has 1 atom stereocenters. The third kappa shape index (κ3) is 4.59. The number of rotatable bonds is 7. The van der Waals surface area contributed by atoms with Crippen molar-refractivity contribution in [2.75, 3.05) is 13.1 Å². The molecule has 2 heterocycles. The Hall–Kier alpha value is -1.98. The van der Waals surface area contributed by atoms with Gasteiger partial charge in [0.15, 0.2) is 0 Å². The van der Waals surface area contributed by atoms with E-state index in [0.29, 0.717) is 19.5 Å². The fourth-order valence-electron chi connectivity index (χ4n) is 3.59. The van der Waals surface area contributed by atoms with Gasteiger partial charge in [0.1, 0.15) is 5.82 Å². The zero-order chi connectivity index (χ0) is 18.5. The first-order chi connectivity index (χ1) is 12.6. The van der Waals surface area contributed by atoms with Crippen LogP contribution in [0.2, 0.25) is 0 Å². The molecule has 5 nitrogen and oxygen atoms in total. The number of benzene rings is 1. The largest absolute Gasteiger partial charge is 0.392 e. The predicted octanol–water partition coefficient (Wildman–Crippen LogP) is 2.58. The molecule has 0 saturated heterocycles. The molecule has 26 heavy (non-hydrogen) atoms. The molecular weight excluding hydrogens is 326 g/mol. The van der Waals surface area contributed by atoms with Crippen molar-refractivity contribution in [2.24, 2.45) is 0 Å². The van der Waals surface area contributed by atoms with Crippen molar-refractivity contribution < 1.29 is 5.11 Å². The van der Waals surface area contributed by atoms with Crippen molar-refractivity contribution in [3.05, 3.63) is 62.8 Å². The number of unbranched alkanes of at least 4 members (excludes halogenated alkanes) is 1. The second kappa shape index (κ2) is 8.60. The Kier molecular flexibility index (Phi) is 6.22. The molecule has 1 aromatic carbocycles. The van der Waals surface area contributed by atoms with Crippen LogP contribution < -0.4 is 5.56 Å². The van der Waals surface area contributed by atoms with Crippen LogP contribution in [0.15, 0.2) is 29.1 Å². The summed E-state index contributed by atoms with van der Waals surface area (Å²) in [7, 11) is 0. The molecule has 1 aliphatic heterocycles. The average Bonchev–Trinajstić information content (AvgIpc) is 2.62. The highest BCUT2D eigenvalue weighted by atomic mass is 16.3. The van der Waals surface area contributed by atoms with Crippen molar-refractivity contribution in [3.63, 3.8) is 0 Å². The molecule has 0 bridgehead atoms. The fraction of sp³-hybridized carbons (Fsp3) is 0.524. The Morgan fingerprint density at radius 1 is 1.35 bits per heavy atom. The second-order valence-corrected chi connectivity index (χ2v) is 7.32. The lowest BCUT2D eigenvalue weighted by Crippen LogP contribution is -2.40. The zero-order valence-corrected chi connectivity index (χ0v) is 15.8. The maximum Gasteiger partial charge on any atom is 0.255 e. The summed E-state index contributed by atoms with van der Waals surface area (Å²) >= 11 is 0. The summed E-state index contributed by atoms with van der Waals surface area (Å²) in [5.41, 5.74) is 4.03. The van der Waals surface area contributed by atoms with Gasteiger partial charge in [0.2, 0.25) is 0 Å². The molecule has 140 valence electrons. The summed E-state index contributed by atoms with van der Waals surface area (Å²) in [6.07, 6.45) is 4.05. The van der Waals surface area contributed by atoms with Gasteiger partial charge in [-0.25, -0.2) is 4.98 Å². The lowest BCUT2D eigenvalue weighted by atomic mass is 10.0. The first kappa shape index (κ1) is 18.8. The lowest BCUT2D eigenvalue weighted by molar-refractivity contribution is 0.0960. The molecule has 0 radical (unpaired) electrons. The SMILES string of the molecule is CCCC[C@H](O)CN1CCc2nc(Cc3ccccc3C)[nH]c(=O)c2C1. The number of H-pyrrole nitrogens is 1. The molecule has 2 aromatic rings. The van der Waals surface area contributed by atoms with Gasteiger partial charge >= 0.3 is 0 Å². The third-order valence-corrected chi connectivity index (χ3v) is 5.18. The van der Waals surface area contributed by atoms with E-state index in [1.807, 2.05) is 12.1 Å². The minimum absolute atomic E-state index is 0.0358. The number of aromatic nitrogens is 2. The van der Waals surface area contributed by atoms with Crippen LogP contribution in [0.3, 0.4) is 0 Å². The Morgan fingerprint density at radius 2 is 2.15 bits per heavy atom. The molecule has 0 fully saturated rings. The zero-order valence-electron chi connectivity index (χ0n) is 15.8. The monoisotopic (exact) mass is 355 g/mol. The van der Waals surface area contributed by atoms with Gasteiger partial charge in [0, 0.05) is 32.5 Å². The summed E-state index contributed by atoms with van der Waals surface area (Å²) in [5.74, 6) is 0.736. The van der Waals surface area contributed by atoms with E-state index < -0.39 is 0 Å². The Morgan fingerprint density at radius 3 is 2.92 bits per heavy atom. The Bertz CT molecular complexity index is 800. The number of aromatic amines is 1. The summed E-state index contributed by atoms with van der Waals surface area (Å²) in [4.78, 5) is 22.4. The van der Waals surface area contributed by atoms with Gasteiger partial charge < -0.3 is 10.1 Å². The minimum Gasteiger partial charge on any atom is -0.392 e. The van der Waals surface area contributed by atoms with Gasteiger partial charge in [-0.05, 0) is 24.5 Å². The quantitative estimate of drug-likeness (QED) is 0.801. The maximum absolute atomic E-state index is 12.6. The van der Waals surface area contributed by atoms with Crippen LogP contribution in [0.5, 0.6) is 0 Å². The Balaban J connectivity index is 1.71. The number of hydrogen-bond acceptors (Lipinski definition) is 4. The predicted molar refractivity (Wildman–Crippen MR) is 103 cm³/mol. The number of aliphatic hydroxyl groups is 1. The van der Waals surface area contributed by atoms with Crippen LogP contribution in [0.4, 0.5) is 0 Å². The van der Waals surface area contributed by atoms with Crippen LogP contribution in [-0.2, 0) is 19.4 Å². The summed E-state index contributed by atoms with van der Waals surface area (Å²) in [5, 5.41) is 10.1. The molecule has 2 N–H and O–H groups in total. The summed E-state index contributed by atoms with van der Waals surface area (Å²) < 4.78 is 0. The van der Waals surface area contributed by atoms with Crippen LogP contribution >= 0.6 is 0 Å². The van der Waals surface area contributed by atoms with E-state index in [9.17, 15) is 9.90 Å². The average molecular weight is 355 g/mol. The van der Waals surface area contributed by atoms with Crippen LogP contribution in [0.25, 0.3) is 0 Å². The van der Waals surface area contributed by atoms with E-state index in [1.165, 1.54) is 11.1 Å². The van der Waals surface area contributed by atoms with Crippen molar-refractivity contribution in [1.29, 1.82) is 0 Å². The highest BCUT2D eigenvalue weighted by Crippen LogP contribution is 2.17. The normalized spacial score (nSPS) is 15.7. The molecule has 3 rings (SSSR count). The first-order valence-corrected chi connectivity index (χ1v) is 9.62. The molecule has 0 amide bonds. The van der Waals surface area contributed by atoms with Gasteiger partial charge in [0.25, 0.3) is 5.56 Å². The first-order valence-electron chi connectivity index (χ1n) is 9.62. The van der Waals surface area contributed by atoms with Gasteiger partial charge in [-0.15, -0.1) is 0 Å². The van der Waals surface area contributed by atoms with E-state index in [4.69, 9.17) is 4.98 Å². The highest BCUT2D eigenvalue weighted by Gasteiger charge is 2.22. The fourth-order valence-corrected chi connectivity index (χ4v) is 3.59. The van der Waals surface area contributed by atoms with E-state index in [2.05, 4.69) is 35.9 Å². The van der Waals surface area contributed by atoms with E-state index >= 15 is 0 Å². The highest BCUT2D eigenvalue weighted by molar-refractivity contribution is 5.29. The Labute approximate surface area is 155 Å².